The Kier molecular flexibility index (Phi) is 6.95. The average Bonchev–Trinajstić information content (AvgIpc) is 3.33. The van der Waals surface area contributed by atoms with Crippen molar-refractivity contribution < 1.29 is 31.9 Å². The SMILES string of the molecule is O=C(COc1ccccc1-c1ccccc1)NNC(=O)c1nnn(-c2ccc(F)cc2)c1C(F)(F)F. The number of aromatic nitrogens is 3. The number of benzene rings is 3. The lowest BCUT2D eigenvalue weighted by molar-refractivity contribution is -0.143. The molecule has 0 saturated carbocycles. The summed E-state index contributed by atoms with van der Waals surface area (Å²) in [5.74, 6) is -2.45. The topological polar surface area (TPSA) is 98.1 Å². The minimum absolute atomic E-state index is 0.162. The second-order valence-corrected chi connectivity index (χ2v) is 7.33. The van der Waals surface area contributed by atoms with Gasteiger partial charge in [0.25, 0.3) is 11.8 Å². The number of carbonyl (C=O) groups is 2. The summed E-state index contributed by atoms with van der Waals surface area (Å²) in [6.45, 7) is -0.529. The number of ether oxygens (including phenoxy) is 1. The smallest absolute Gasteiger partial charge is 0.435 e. The Labute approximate surface area is 201 Å². The molecule has 36 heavy (non-hydrogen) atoms. The normalized spacial score (nSPS) is 11.1. The summed E-state index contributed by atoms with van der Waals surface area (Å²) in [7, 11) is 0. The lowest BCUT2D eigenvalue weighted by Gasteiger charge is -2.13. The van der Waals surface area contributed by atoms with Crippen LogP contribution in [0.25, 0.3) is 16.8 Å². The number of amides is 2. The van der Waals surface area contributed by atoms with E-state index in [0.717, 1.165) is 35.4 Å². The quantitative estimate of drug-likeness (QED) is 0.310. The number of rotatable bonds is 6. The molecule has 0 radical (unpaired) electrons. The molecule has 3 aromatic carbocycles. The number of nitrogens with one attached hydrogen (secondary N) is 2. The van der Waals surface area contributed by atoms with Crippen molar-refractivity contribution in [2.24, 2.45) is 0 Å². The number of para-hydroxylation sites is 1. The lowest BCUT2D eigenvalue weighted by Crippen LogP contribution is -2.44. The standard InChI is InChI=1S/C24H17F4N5O3/c25-16-10-12-17(13-11-16)33-22(24(26,27)28)21(30-32-33)23(35)31-29-20(34)14-36-19-9-5-4-8-18(19)15-6-2-1-3-7-15/h1-13H,14H2,(H,29,34)(H,31,35). The molecular formula is C24H17F4N5O3. The summed E-state index contributed by atoms with van der Waals surface area (Å²) < 4.78 is 60.1. The van der Waals surface area contributed by atoms with Gasteiger partial charge in [-0.15, -0.1) is 5.10 Å². The van der Waals surface area contributed by atoms with Crippen LogP contribution in [0.1, 0.15) is 16.2 Å². The Morgan fingerprint density at radius 3 is 2.25 bits per heavy atom. The fraction of sp³-hybridized carbons (Fsp3) is 0.0833. The molecular weight excluding hydrogens is 482 g/mol. The van der Waals surface area contributed by atoms with Gasteiger partial charge in [0.15, 0.2) is 18.0 Å². The summed E-state index contributed by atoms with van der Waals surface area (Å²) in [6.07, 6.45) is -5.03. The number of nitrogens with zero attached hydrogens (tertiary/aromatic N) is 3. The first-order valence-electron chi connectivity index (χ1n) is 10.4. The van der Waals surface area contributed by atoms with Gasteiger partial charge in [0, 0.05) is 5.56 Å². The van der Waals surface area contributed by atoms with Crippen molar-refractivity contribution >= 4 is 11.8 Å². The van der Waals surface area contributed by atoms with Crippen LogP contribution in [-0.2, 0) is 11.0 Å². The van der Waals surface area contributed by atoms with Crippen LogP contribution >= 0.6 is 0 Å². The lowest BCUT2D eigenvalue weighted by atomic mass is 10.1. The van der Waals surface area contributed by atoms with Crippen molar-refractivity contribution in [3.05, 3.63) is 96.1 Å². The Morgan fingerprint density at radius 2 is 1.56 bits per heavy atom. The molecule has 0 aliphatic carbocycles. The van der Waals surface area contributed by atoms with Crippen molar-refractivity contribution in [2.45, 2.75) is 6.18 Å². The predicted octanol–water partition coefficient (Wildman–Crippen LogP) is 3.93. The highest BCUT2D eigenvalue weighted by Gasteiger charge is 2.42. The number of alkyl halides is 3. The van der Waals surface area contributed by atoms with Gasteiger partial charge >= 0.3 is 6.18 Å². The molecule has 0 spiro atoms. The van der Waals surface area contributed by atoms with Crippen molar-refractivity contribution in [2.75, 3.05) is 6.61 Å². The summed E-state index contributed by atoms with van der Waals surface area (Å²) in [5, 5.41) is 6.67. The molecule has 2 N–H and O–H groups in total. The van der Waals surface area contributed by atoms with E-state index >= 15 is 0 Å². The molecule has 0 atom stereocenters. The van der Waals surface area contributed by atoms with Crippen LogP contribution in [0, 0.1) is 5.82 Å². The highest BCUT2D eigenvalue weighted by Crippen LogP contribution is 2.33. The van der Waals surface area contributed by atoms with E-state index in [0.29, 0.717) is 10.4 Å². The number of carbonyl (C=O) groups excluding carboxylic acids is 2. The molecule has 12 heteroatoms. The summed E-state index contributed by atoms with van der Waals surface area (Å²) in [6, 6.07) is 20.2. The maximum Gasteiger partial charge on any atom is 0.435 e. The van der Waals surface area contributed by atoms with Gasteiger partial charge in [-0.3, -0.25) is 20.4 Å². The second kappa shape index (κ2) is 10.3. The molecule has 0 aliphatic heterocycles. The van der Waals surface area contributed by atoms with Crippen molar-refractivity contribution in [1.82, 2.24) is 25.8 Å². The summed E-state index contributed by atoms with van der Waals surface area (Å²) in [4.78, 5) is 24.6. The molecule has 0 fully saturated rings. The Balaban J connectivity index is 1.43. The van der Waals surface area contributed by atoms with Crippen LogP contribution in [-0.4, -0.2) is 33.4 Å². The molecule has 2 amide bonds. The number of halogens is 4. The Bertz CT molecular complexity index is 1370. The molecule has 4 aromatic rings. The minimum Gasteiger partial charge on any atom is -0.483 e. The van der Waals surface area contributed by atoms with E-state index in [2.05, 4.69) is 10.3 Å². The second-order valence-electron chi connectivity index (χ2n) is 7.33. The van der Waals surface area contributed by atoms with Crippen molar-refractivity contribution in [1.29, 1.82) is 0 Å². The van der Waals surface area contributed by atoms with Gasteiger partial charge in [0.05, 0.1) is 5.69 Å². The van der Waals surface area contributed by atoms with Crippen LogP contribution in [0.4, 0.5) is 17.6 Å². The van der Waals surface area contributed by atoms with E-state index in [1.54, 1.807) is 24.3 Å². The molecule has 184 valence electrons. The van der Waals surface area contributed by atoms with Gasteiger partial charge in [-0.1, -0.05) is 53.7 Å². The number of hydrazine groups is 1. The first-order valence-corrected chi connectivity index (χ1v) is 10.4. The van der Waals surface area contributed by atoms with Crippen LogP contribution in [0.2, 0.25) is 0 Å². The van der Waals surface area contributed by atoms with E-state index in [4.69, 9.17) is 4.74 Å². The molecule has 4 rings (SSSR count). The number of hydrogen-bond acceptors (Lipinski definition) is 5. The van der Waals surface area contributed by atoms with Gasteiger partial charge in [-0.2, -0.15) is 13.2 Å². The molecule has 1 heterocycles. The van der Waals surface area contributed by atoms with E-state index in [9.17, 15) is 27.2 Å². The predicted molar refractivity (Wildman–Crippen MR) is 119 cm³/mol. The van der Waals surface area contributed by atoms with Gasteiger partial charge in [0.1, 0.15) is 11.6 Å². The van der Waals surface area contributed by atoms with E-state index < -0.39 is 41.8 Å². The van der Waals surface area contributed by atoms with Crippen LogP contribution in [0.5, 0.6) is 5.75 Å². The van der Waals surface area contributed by atoms with Gasteiger partial charge in [-0.05, 0) is 35.9 Å². The van der Waals surface area contributed by atoms with Crippen LogP contribution in [0.3, 0.4) is 0 Å². The van der Waals surface area contributed by atoms with Gasteiger partial charge in [-0.25, -0.2) is 9.07 Å². The zero-order valence-electron chi connectivity index (χ0n) is 18.3. The molecule has 0 aliphatic rings. The van der Waals surface area contributed by atoms with Gasteiger partial charge in [0.2, 0.25) is 0 Å². The summed E-state index contributed by atoms with van der Waals surface area (Å²) in [5.41, 5.74) is 2.70. The largest absolute Gasteiger partial charge is 0.483 e. The van der Waals surface area contributed by atoms with E-state index in [1.807, 2.05) is 41.2 Å². The minimum atomic E-state index is -5.03. The monoisotopic (exact) mass is 499 g/mol. The summed E-state index contributed by atoms with van der Waals surface area (Å²) >= 11 is 0. The Morgan fingerprint density at radius 1 is 0.889 bits per heavy atom. The molecule has 0 bridgehead atoms. The fourth-order valence-corrected chi connectivity index (χ4v) is 3.27. The zero-order chi connectivity index (χ0) is 25.7. The molecule has 0 saturated heterocycles. The molecule has 0 unspecified atom stereocenters. The first-order chi connectivity index (χ1) is 17.2. The van der Waals surface area contributed by atoms with Crippen molar-refractivity contribution in [3.63, 3.8) is 0 Å². The maximum atomic E-state index is 13.7. The van der Waals surface area contributed by atoms with E-state index in [1.165, 1.54) is 0 Å². The molecule has 8 nitrogen and oxygen atoms in total. The molecule has 1 aromatic heterocycles. The highest BCUT2D eigenvalue weighted by atomic mass is 19.4. The number of hydrogen-bond donors (Lipinski definition) is 2. The third-order valence-electron chi connectivity index (χ3n) is 4.87. The van der Waals surface area contributed by atoms with Crippen molar-refractivity contribution in [3.8, 4) is 22.6 Å². The zero-order valence-corrected chi connectivity index (χ0v) is 18.3. The van der Waals surface area contributed by atoms with E-state index in [-0.39, 0.29) is 5.69 Å². The Hall–Kier alpha value is -4.74. The fourth-order valence-electron chi connectivity index (χ4n) is 3.27. The average molecular weight is 499 g/mol. The maximum absolute atomic E-state index is 13.7. The highest BCUT2D eigenvalue weighted by molar-refractivity contribution is 5.95. The third-order valence-corrected chi connectivity index (χ3v) is 4.87. The van der Waals surface area contributed by atoms with Crippen LogP contribution in [0.15, 0.2) is 78.9 Å². The van der Waals surface area contributed by atoms with Crippen LogP contribution < -0.4 is 15.6 Å². The van der Waals surface area contributed by atoms with Gasteiger partial charge < -0.3 is 4.74 Å². The first kappa shape index (κ1) is 24.4. The third kappa shape index (κ3) is 5.49.